The van der Waals surface area contributed by atoms with Crippen LogP contribution in [0.15, 0.2) is 0 Å². The second kappa shape index (κ2) is 5.25. The highest BCUT2D eigenvalue weighted by Gasteiger charge is 2.47. The molecule has 0 aromatic rings. The van der Waals surface area contributed by atoms with Crippen molar-refractivity contribution in [2.45, 2.75) is 77.4 Å². The Morgan fingerprint density at radius 2 is 1.56 bits per heavy atom. The monoisotopic (exact) mass is 246 g/mol. The molecule has 0 nitrogen and oxygen atoms in total. The summed E-state index contributed by atoms with van der Waals surface area (Å²) < 4.78 is 0. The van der Waals surface area contributed by atoms with Crippen molar-refractivity contribution >= 4 is 15.7 Å². The second-order valence-electron chi connectivity index (χ2n) is 8.20. The minimum absolute atomic E-state index is 0.483. The average molecular weight is 246 g/mol. The van der Waals surface area contributed by atoms with E-state index in [-0.39, 0.29) is 0 Å². The maximum absolute atomic E-state index is 2.57. The molecule has 3 atom stereocenters. The Balaban J connectivity index is 2.19. The van der Waals surface area contributed by atoms with Gasteiger partial charge in [-0.05, 0) is 29.6 Å². The summed E-state index contributed by atoms with van der Waals surface area (Å²) in [7, 11) is 5.14. The summed E-state index contributed by atoms with van der Waals surface area (Å²) in [6.45, 7) is 7.38. The van der Waals surface area contributed by atoms with Crippen LogP contribution in [-0.2, 0) is 0 Å². The Morgan fingerprint density at radius 1 is 0.944 bits per heavy atom. The van der Waals surface area contributed by atoms with E-state index in [1.54, 1.807) is 0 Å². The number of hydrogen-bond donors (Lipinski definition) is 0. The van der Waals surface area contributed by atoms with Crippen molar-refractivity contribution in [1.82, 2.24) is 0 Å². The normalized spacial score (nSPS) is 34.1. The van der Waals surface area contributed by atoms with Crippen molar-refractivity contribution in [3.8, 4) is 0 Å². The first-order chi connectivity index (χ1) is 8.40. The molecule has 0 amide bonds. The molecule has 2 saturated carbocycles. The molecule has 18 heavy (non-hydrogen) atoms. The third kappa shape index (κ3) is 2.41. The van der Waals surface area contributed by atoms with Gasteiger partial charge >= 0.3 is 0 Å². The van der Waals surface area contributed by atoms with Crippen LogP contribution in [0.4, 0.5) is 0 Å². The van der Waals surface area contributed by atoms with Crippen LogP contribution in [-0.4, -0.2) is 15.7 Å². The predicted octanol–water partition coefficient (Wildman–Crippen LogP) is 3.41. The third-order valence-corrected chi connectivity index (χ3v) is 7.13. The first kappa shape index (κ1) is 14.5. The molecule has 0 N–H and O–H groups in total. The largest absolute Gasteiger partial charge is 0.100 e. The second-order valence-corrected chi connectivity index (χ2v) is 8.20. The molecule has 2 aliphatic carbocycles. The quantitative estimate of drug-likeness (QED) is 0.669. The average Bonchev–Trinajstić information content (AvgIpc) is 2.37. The van der Waals surface area contributed by atoms with Crippen LogP contribution in [0.5, 0.6) is 0 Å². The predicted molar refractivity (Wildman–Crippen MR) is 86.6 cm³/mol. The molecule has 2 heteroatoms. The standard InChI is InChI=1S/C16H32B2/c1-4-15(2,3)16(17,18)14-11-7-9-12-8-5-6-10-13(12)14/h12-14H,4-11,17-18H2,1-3H3. The van der Waals surface area contributed by atoms with Gasteiger partial charge in [0.05, 0.1) is 0 Å². The van der Waals surface area contributed by atoms with E-state index in [1.807, 2.05) is 0 Å². The van der Waals surface area contributed by atoms with Crippen molar-refractivity contribution in [2.75, 3.05) is 0 Å². The van der Waals surface area contributed by atoms with Crippen molar-refractivity contribution in [2.24, 2.45) is 23.2 Å². The van der Waals surface area contributed by atoms with Gasteiger partial charge in [0, 0.05) is 0 Å². The van der Waals surface area contributed by atoms with E-state index in [9.17, 15) is 0 Å². The molecule has 0 saturated heterocycles. The zero-order valence-electron chi connectivity index (χ0n) is 13.4. The first-order valence-corrected chi connectivity index (χ1v) is 8.40. The molecule has 3 unspecified atom stereocenters. The van der Waals surface area contributed by atoms with Crippen LogP contribution in [0.3, 0.4) is 0 Å². The highest BCUT2D eigenvalue weighted by Crippen LogP contribution is 2.58. The highest BCUT2D eigenvalue weighted by molar-refractivity contribution is 6.40. The lowest BCUT2D eigenvalue weighted by molar-refractivity contribution is 0.0566. The fourth-order valence-electron chi connectivity index (χ4n) is 4.79. The molecule has 0 aromatic heterocycles. The van der Waals surface area contributed by atoms with Gasteiger partial charge in [-0.2, -0.15) is 0 Å². The molecule has 0 aromatic carbocycles. The lowest BCUT2D eigenvalue weighted by Gasteiger charge is -2.55. The van der Waals surface area contributed by atoms with Crippen LogP contribution in [0.25, 0.3) is 0 Å². The maximum atomic E-state index is 2.57. The molecule has 2 fully saturated rings. The third-order valence-electron chi connectivity index (χ3n) is 7.13. The first-order valence-electron chi connectivity index (χ1n) is 8.40. The van der Waals surface area contributed by atoms with Gasteiger partial charge in [0.1, 0.15) is 15.7 Å². The minimum atomic E-state index is 0.483. The Morgan fingerprint density at radius 3 is 2.22 bits per heavy atom. The highest BCUT2D eigenvalue weighted by atomic mass is 14.5. The fourth-order valence-corrected chi connectivity index (χ4v) is 4.79. The van der Waals surface area contributed by atoms with Crippen molar-refractivity contribution < 1.29 is 0 Å². The lowest BCUT2D eigenvalue weighted by atomic mass is 9.34. The Kier molecular flexibility index (Phi) is 4.24. The molecule has 2 aliphatic rings. The molecule has 0 spiro atoms. The van der Waals surface area contributed by atoms with Crippen LogP contribution in [0, 0.1) is 23.2 Å². The van der Waals surface area contributed by atoms with Crippen LogP contribution < -0.4 is 0 Å². The zero-order chi connectivity index (χ0) is 13.4. The summed E-state index contributed by atoms with van der Waals surface area (Å²) in [6.07, 6.45) is 11.9. The topological polar surface area (TPSA) is 0 Å². The van der Waals surface area contributed by atoms with Crippen molar-refractivity contribution in [3.05, 3.63) is 0 Å². The summed E-state index contributed by atoms with van der Waals surface area (Å²) in [5, 5.41) is 0.502. The molecule has 0 heterocycles. The zero-order valence-corrected chi connectivity index (χ0v) is 13.4. The molecule has 0 radical (unpaired) electrons. The van der Waals surface area contributed by atoms with E-state index in [1.165, 1.54) is 51.4 Å². The number of hydrogen-bond acceptors (Lipinski definition) is 0. The van der Waals surface area contributed by atoms with Gasteiger partial charge in [0.25, 0.3) is 0 Å². The van der Waals surface area contributed by atoms with Gasteiger partial charge in [-0.3, -0.25) is 0 Å². The van der Waals surface area contributed by atoms with E-state index < -0.39 is 0 Å². The summed E-state index contributed by atoms with van der Waals surface area (Å²) >= 11 is 0. The molecule has 0 bridgehead atoms. The summed E-state index contributed by atoms with van der Waals surface area (Å²) in [5.74, 6) is 3.10. The number of fused-ring (bicyclic) bond motifs is 1. The van der Waals surface area contributed by atoms with E-state index in [4.69, 9.17) is 0 Å². The van der Waals surface area contributed by atoms with Crippen LogP contribution in [0.1, 0.15) is 72.1 Å². The van der Waals surface area contributed by atoms with Crippen molar-refractivity contribution in [3.63, 3.8) is 0 Å². The molecule has 0 aliphatic heterocycles. The number of rotatable bonds is 3. The van der Waals surface area contributed by atoms with Gasteiger partial charge in [0.15, 0.2) is 0 Å². The van der Waals surface area contributed by atoms with Gasteiger partial charge in [-0.1, -0.05) is 70.9 Å². The van der Waals surface area contributed by atoms with Gasteiger partial charge in [-0.25, -0.2) is 0 Å². The van der Waals surface area contributed by atoms with Gasteiger partial charge in [0.2, 0.25) is 0 Å². The summed E-state index contributed by atoms with van der Waals surface area (Å²) in [4.78, 5) is 0. The summed E-state index contributed by atoms with van der Waals surface area (Å²) in [5.41, 5.74) is 0.483. The maximum Gasteiger partial charge on any atom is 0.100 e. The van der Waals surface area contributed by atoms with E-state index in [2.05, 4.69) is 36.5 Å². The lowest BCUT2D eigenvalue weighted by Crippen LogP contribution is -2.45. The molecular formula is C16H32B2. The van der Waals surface area contributed by atoms with E-state index in [0.717, 1.165) is 17.8 Å². The van der Waals surface area contributed by atoms with E-state index in [0.29, 0.717) is 10.6 Å². The van der Waals surface area contributed by atoms with Crippen LogP contribution >= 0.6 is 0 Å². The van der Waals surface area contributed by atoms with Gasteiger partial charge < -0.3 is 0 Å². The SMILES string of the molecule is BC(B)(C1CCCC2CCCCC21)C(C)(C)CC. The van der Waals surface area contributed by atoms with Gasteiger partial charge in [-0.15, -0.1) is 0 Å². The molecule has 102 valence electrons. The summed E-state index contributed by atoms with van der Waals surface area (Å²) in [6, 6.07) is 0. The molecular weight excluding hydrogens is 214 g/mol. The minimum Gasteiger partial charge on any atom is -0.0766 e. The smallest absolute Gasteiger partial charge is 0.0766 e. The Bertz CT molecular complexity index is 281. The Hall–Kier alpha value is 0.130. The van der Waals surface area contributed by atoms with E-state index >= 15 is 0 Å². The Labute approximate surface area is 117 Å². The van der Waals surface area contributed by atoms with Crippen LogP contribution in [0.2, 0.25) is 5.21 Å². The fraction of sp³-hybridized carbons (Fsp3) is 1.00. The molecule has 2 rings (SSSR count). The van der Waals surface area contributed by atoms with Crippen molar-refractivity contribution in [1.29, 1.82) is 0 Å².